The van der Waals surface area contributed by atoms with Crippen molar-refractivity contribution < 1.29 is 18.7 Å². The van der Waals surface area contributed by atoms with Crippen LogP contribution in [0.1, 0.15) is 22.3 Å². The van der Waals surface area contributed by atoms with E-state index in [-0.39, 0.29) is 23.1 Å². The standard InChI is InChI=1S/C19H18ClFN2O3/c1-26-11-18(24)23-8-2-3-12-4-6-14(10-17(12)23)22-19(25)15-7-5-13(21)9-16(15)20/h4-7,9-10H,2-3,8,11H2,1H3,(H,22,25). The highest BCUT2D eigenvalue weighted by Gasteiger charge is 2.23. The Morgan fingerprint density at radius 2 is 2.08 bits per heavy atom. The molecule has 1 N–H and O–H groups in total. The number of methoxy groups -OCH3 is 1. The molecule has 0 aromatic heterocycles. The quantitative estimate of drug-likeness (QED) is 0.886. The van der Waals surface area contributed by atoms with Crippen LogP contribution in [0, 0.1) is 5.82 Å². The van der Waals surface area contributed by atoms with Crippen LogP contribution < -0.4 is 10.2 Å². The summed E-state index contributed by atoms with van der Waals surface area (Å²) in [5, 5.41) is 2.78. The first kappa shape index (κ1) is 18.4. The topological polar surface area (TPSA) is 58.6 Å². The van der Waals surface area contributed by atoms with Gasteiger partial charge in [-0.05, 0) is 48.7 Å². The molecule has 1 aliphatic heterocycles. The van der Waals surface area contributed by atoms with Crippen molar-refractivity contribution in [3.05, 3.63) is 58.4 Å². The maximum Gasteiger partial charge on any atom is 0.257 e. The van der Waals surface area contributed by atoms with Gasteiger partial charge in [0, 0.05) is 25.0 Å². The fourth-order valence-corrected chi connectivity index (χ4v) is 3.24. The Bertz CT molecular complexity index is 857. The van der Waals surface area contributed by atoms with E-state index in [1.165, 1.54) is 19.2 Å². The molecule has 0 bridgehead atoms. The predicted molar refractivity (Wildman–Crippen MR) is 98.4 cm³/mol. The number of fused-ring (bicyclic) bond motifs is 1. The van der Waals surface area contributed by atoms with Gasteiger partial charge in [0.15, 0.2) is 0 Å². The largest absolute Gasteiger partial charge is 0.375 e. The number of nitrogens with one attached hydrogen (secondary N) is 1. The summed E-state index contributed by atoms with van der Waals surface area (Å²) < 4.78 is 18.1. The molecule has 2 aromatic rings. The molecule has 0 aliphatic carbocycles. The zero-order valence-electron chi connectivity index (χ0n) is 14.2. The van der Waals surface area contributed by atoms with Gasteiger partial charge in [0.25, 0.3) is 11.8 Å². The Labute approximate surface area is 155 Å². The van der Waals surface area contributed by atoms with Gasteiger partial charge in [-0.25, -0.2) is 4.39 Å². The van der Waals surface area contributed by atoms with Gasteiger partial charge in [0.05, 0.1) is 10.6 Å². The number of benzene rings is 2. The number of ether oxygens (including phenoxy) is 1. The van der Waals surface area contributed by atoms with Crippen molar-refractivity contribution in [3.8, 4) is 0 Å². The highest BCUT2D eigenvalue weighted by atomic mass is 35.5. The number of hydrogen-bond donors (Lipinski definition) is 1. The Kier molecular flexibility index (Phi) is 5.54. The number of hydrogen-bond acceptors (Lipinski definition) is 3. The van der Waals surface area contributed by atoms with Gasteiger partial charge < -0.3 is 15.0 Å². The highest BCUT2D eigenvalue weighted by Crippen LogP contribution is 2.30. The number of amides is 2. The van der Waals surface area contributed by atoms with Crippen LogP contribution in [0.3, 0.4) is 0 Å². The zero-order chi connectivity index (χ0) is 18.7. The number of carbonyl (C=O) groups excluding carboxylic acids is 2. The van der Waals surface area contributed by atoms with E-state index in [1.807, 2.05) is 6.07 Å². The molecule has 3 rings (SSSR count). The summed E-state index contributed by atoms with van der Waals surface area (Å²) in [6.07, 6.45) is 1.74. The fourth-order valence-electron chi connectivity index (χ4n) is 2.98. The van der Waals surface area contributed by atoms with E-state index in [2.05, 4.69) is 5.32 Å². The molecule has 136 valence electrons. The smallest absolute Gasteiger partial charge is 0.257 e. The lowest BCUT2D eigenvalue weighted by Crippen LogP contribution is -2.37. The Balaban J connectivity index is 1.84. The zero-order valence-corrected chi connectivity index (χ0v) is 15.0. The second kappa shape index (κ2) is 7.85. The number of nitrogens with zero attached hydrogens (tertiary/aromatic N) is 1. The number of halogens is 2. The molecule has 0 radical (unpaired) electrons. The average Bonchev–Trinajstić information content (AvgIpc) is 2.61. The summed E-state index contributed by atoms with van der Waals surface area (Å²) in [5.74, 6) is -1.08. The second-order valence-corrected chi connectivity index (χ2v) is 6.41. The van der Waals surface area contributed by atoms with E-state index in [0.717, 1.165) is 30.2 Å². The Morgan fingerprint density at radius 1 is 1.27 bits per heavy atom. The predicted octanol–water partition coefficient (Wildman–Crippen LogP) is 3.66. The van der Waals surface area contributed by atoms with E-state index in [4.69, 9.17) is 16.3 Å². The second-order valence-electron chi connectivity index (χ2n) is 6.00. The molecular weight excluding hydrogens is 359 g/mol. The summed E-state index contributed by atoms with van der Waals surface area (Å²) in [5.41, 5.74) is 2.52. The minimum atomic E-state index is -0.507. The van der Waals surface area contributed by atoms with Gasteiger partial charge in [0.1, 0.15) is 12.4 Å². The minimum absolute atomic E-state index is 0.00120. The van der Waals surface area contributed by atoms with E-state index in [1.54, 1.807) is 17.0 Å². The third-order valence-electron chi connectivity index (χ3n) is 4.21. The monoisotopic (exact) mass is 376 g/mol. The number of anilines is 2. The summed E-state index contributed by atoms with van der Waals surface area (Å²) in [4.78, 5) is 26.3. The van der Waals surface area contributed by atoms with Gasteiger partial charge >= 0.3 is 0 Å². The van der Waals surface area contributed by atoms with Crippen molar-refractivity contribution >= 4 is 34.8 Å². The summed E-state index contributed by atoms with van der Waals surface area (Å²) in [7, 11) is 1.48. The maximum absolute atomic E-state index is 13.1. The van der Waals surface area contributed by atoms with Crippen LogP contribution in [-0.4, -0.2) is 32.1 Å². The first-order chi connectivity index (χ1) is 12.5. The average molecular weight is 377 g/mol. The Morgan fingerprint density at radius 3 is 2.81 bits per heavy atom. The molecular formula is C19H18ClFN2O3. The molecule has 1 aliphatic rings. The van der Waals surface area contributed by atoms with Crippen molar-refractivity contribution in [2.24, 2.45) is 0 Å². The SMILES string of the molecule is COCC(=O)N1CCCc2ccc(NC(=O)c3ccc(F)cc3Cl)cc21. The van der Waals surface area contributed by atoms with Crippen molar-refractivity contribution in [1.82, 2.24) is 0 Å². The number of rotatable bonds is 4. The van der Waals surface area contributed by atoms with E-state index in [9.17, 15) is 14.0 Å². The van der Waals surface area contributed by atoms with Crippen molar-refractivity contribution in [2.45, 2.75) is 12.8 Å². The molecule has 0 unspecified atom stereocenters. The van der Waals surface area contributed by atoms with Crippen LogP contribution in [0.5, 0.6) is 0 Å². The van der Waals surface area contributed by atoms with Crippen LogP contribution in [0.15, 0.2) is 36.4 Å². The van der Waals surface area contributed by atoms with E-state index in [0.29, 0.717) is 12.2 Å². The van der Waals surface area contributed by atoms with E-state index < -0.39 is 11.7 Å². The number of carbonyl (C=O) groups is 2. The van der Waals surface area contributed by atoms with Gasteiger partial charge in [-0.1, -0.05) is 17.7 Å². The molecule has 0 fully saturated rings. The van der Waals surface area contributed by atoms with Gasteiger partial charge in [0.2, 0.25) is 0 Å². The third kappa shape index (κ3) is 3.86. The van der Waals surface area contributed by atoms with Crippen molar-refractivity contribution in [2.75, 3.05) is 30.5 Å². The lowest BCUT2D eigenvalue weighted by molar-refractivity contribution is -0.122. The molecule has 7 heteroatoms. The summed E-state index contributed by atoms with van der Waals surface area (Å²) in [6, 6.07) is 9.03. The molecule has 26 heavy (non-hydrogen) atoms. The molecule has 2 aromatic carbocycles. The number of aryl methyl sites for hydroxylation is 1. The molecule has 0 atom stereocenters. The maximum atomic E-state index is 13.1. The van der Waals surface area contributed by atoms with Crippen LogP contribution >= 0.6 is 11.6 Å². The van der Waals surface area contributed by atoms with Crippen LogP contribution in [0.25, 0.3) is 0 Å². The highest BCUT2D eigenvalue weighted by molar-refractivity contribution is 6.34. The minimum Gasteiger partial charge on any atom is -0.375 e. The first-order valence-corrected chi connectivity index (χ1v) is 8.56. The lowest BCUT2D eigenvalue weighted by Gasteiger charge is -2.30. The lowest BCUT2D eigenvalue weighted by atomic mass is 10.0. The van der Waals surface area contributed by atoms with Crippen LogP contribution in [-0.2, 0) is 16.0 Å². The first-order valence-electron chi connectivity index (χ1n) is 8.18. The van der Waals surface area contributed by atoms with E-state index >= 15 is 0 Å². The molecule has 5 nitrogen and oxygen atoms in total. The van der Waals surface area contributed by atoms with Crippen molar-refractivity contribution in [3.63, 3.8) is 0 Å². The fraction of sp³-hybridized carbons (Fsp3) is 0.263. The summed E-state index contributed by atoms with van der Waals surface area (Å²) in [6.45, 7) is 0.609. The van der Waals surface area contributed by atoms with Crippen molar-refractivity contribution in [1.29, 1.82) is 0 Å². The van der Waals surface area contributed by atoms with Gasteiger partial charge in [-0.3, -0.25) is 9.59 Å². The third-order valence-corrected chi connectivity index (χ3v) is 4.52. The summed E-state index contributed by atoms with van der Waals surface area (Å²) >= 11 is 5.94. The molecule has 1 heterocycles. The molecule has 0 spiro atoms. The van der Waals surface area contributed by atoms with Crippen LogP contribution in [0.4, 0.5) is 15.8 Å². The van der Waals surface area contributed by atoms with Gasteiger partial charge in [-0.15, -0.1) is 0 Å². The molecule has 0 saturated carbocycles. The molecule has 2 amide bonds. The van der Waals surface area contributed by atoms with Gasteiger partial charge in [-0.2, -0.15) is 0 Å². The van der Waals surface area contributed by atoms with Crippen LogP contribution in [0.2, 0.25) is 5.02 Å². The Hall–Kier alpha value is -2.44. The molecule has 0 saturated heterocycles. The normalized spacial score (nSPS) is 13.3.